The van der Waals surface area contributed by atoms with Crippen molar-refractivity contribution in [3.8, 4) is 22.5 Å². The zero-order valence-electron chi connectivity index (χ0n) is 24.3. The number of benzene rings is 6. The monoisotopic (exact) mass is 574 g/mol. The molecule has 0 N–H and O–H groups in total. The highest BCUT2D eigenvalue weighted by atomic mass is 15.0. The number of para-hydroxylation sites is 3. The van der Waals surface area contributed by atoms with Crippen LogP contribution in [0.3, 0.4) is 0 Å². The molecule has 0 aliphatic heterocycles. The Bertz CT molecular complexity index is 2740. The van der Waals surface area contributed by atoms with E-state index in [1.165, 1.54) is 54.9 Å². The molecule has 0 bridgehead atoms. The molecule has 4 heteroatoms. The van der Waals surface area contributed by atoms with Crippen LogP contribution >= 0.6 is 0 Å². The van der Waals surface area contributed by atoms with Crippen molar-refractivity contribution in [1.82, 2.24) is 18.5 Å². The molecule has 0 aliphatic carbocycles. The molecular weight excluding hydrogens is 548 g/mol. The third kappa shape index (κ3) is 3.39. The van der Waals surface area contributed by atoms with E-state index in [-0.39, 0.29) is 0 Å². The largest absolute Gasteiger partial charge is 0.309 e. The number of nitrogens with zero attached hydrogens (tertiary/aromatic N) is 4. The number of hydrogen-bond donors (Lipinski definition) is 0. The summed E-state index contributed by atoms with van der Waals surface area (Å²) in [4.78, 5) is 5.08. The van der Waals surface area contributed by atoms with Gasteiger partial charge < -0.3 is 9.13 Å². The molecule has 0 radical (unpaired) electrons. The number of hydrogen-bond acceptors (Lipinski definition) is 1. The van der Waals surface area contributed by atoms with E-state index in [4.69, 9.17) is 4.98 Å². The van der Waals surface area contributed by atoms with Crippen LogP contribution in [0.1, 0.15) is 0 Å². The van der Waals surface area contributed by atoms with Gasteiger partial charge in [0.2, 0.25) is 0 Å². The smallest absolute Gasteiger partial charge is 0.137 e. The van der Waals surface area contributed by atoms with E-state index in [9.17, 15) is 0 Å². The lowest BCUT2D eigenvalue weighted by Crippen LogP contribution is -1.94. The first kappa shape index (κ1) is 24.3. The van der Waals surface area contributed by atoms with Gasteiger partial charge >= 0.3 is 0 Å². The van der Waals surface area contributed by atoms with Crippen molar-refractivity contribution in [2.24, 2.45) is 0 Å². The maximum atomic E-state index is 5.08. The molecule has 4 aromatic heterocycles. The Morgan fingerprint density at radius 3 is 1.78 bits per heavy atom. The summed E-state index contributed by atoms with van der Waals surface area (Å²) < 4.78 is 6.92. The summed E-state index contributed by atoms with van der Waals surface area (Å²) in [6, 6.07) is 54.4. The highest BCUT2D eigenvalue weighted by molar-refractivity contribution is 6.20. The minimum atomic E-state index is 0.962. The second-order valence-electron chi connectivity index (χ2n) is 11.7. The average molecular weight is 575 g/mol. The molecule has 0 fully saturated rings. The van der Waals surface area contributed by atoms with E-state index in [2.05, 4.69) is 165 Å². The summed E-state index contributed by atoms with van der Waals surface area (Å²) in [6.45, 7) is 0. The first-order valence-corrected chi connectivity index (χ1v) is 15.3. The van der Waals surface area contributed by atoms with Crippen LogP contribution in [0, 0.1) is 0 Å². The number of pyridine rings is 1. The predicted octanol–water partition coefficient (Wildman–Crippen LogP) is 10.3. The molecule has 210 valence electrons. The van der Waals surface area contributed by atoms with Gasteiger partial charge in [-0.3, -0.25) is 4.40 Å². The van der Waals surface area contributed by atoms with Gasteiger partial charge in [-0.25, -0.2) is 4.98 Å². The van der Waals surface area contributed by atoms with Crippen LogP contribution in [0.2, 0.25) is 0 Å². The maximum Gasteiger partial charge on any atom is 0.137 e. The zero-order chi connectivity index (χ0) is 29.5. The van der Waals surface area contributed by atoms with E-state index in [0.29, 0.717) is 0 Å². The van der Waals surface area contributed by atoms with Crippen molar-refractivity contribution in [2.45, 2.75) is 0 Å². The molecule has 0 spiro atoms. The first-order chi connectivity index (χ1) is 22.3. The van der Waals surface area contributed by atoms with Gasteiger partial charge in [0.25, 0.3) is 0 Å². The predicted molar refractivity (Wildman–Crippen MR) is 187 cm³/mol. The highest BCUT2D eigenvalue weighted by Gasteiger charge is 2.19. The van der Waals surface area contributed by atoms with Crippen molar-refractivity contribution in [2.75, 3.05) is 0 Å². The topological polar surface area (TPSA) is 27.2 Å². The average Bonchev–Trinajstić information content (AvgIpc) is 3.76. The molecule has 4 heterocycles. The van der Waals surface area contributed by atoms with Gasteiger partial charge in [0, 0.05) is 39.1 Å². The molecule has 10 aromatic rings. The van der Waals surface area contributed by atoms with E-state index < -0.39 is 0 Å². The van der Waals surface area contributed by atoms with Crippen molar-refractivity contribution in [1.29, 1.82) is 0 Å². The quantitative estimate of drug-likeness (QED) is 0.206. The van der Waals surface area contributed by atoms with E-state index in [1.807, 2.05) is 6.07 Å². The Hall–Kier alpha value is -6.13. The molecule has 10 rings (SSSR count). The number of aromatic nitrogens is 4. The van der Waals surface area contributed by atoms with Crippen molar-refractivity contribution in [3.63, 3.8) is 0 Å². The van der Waals surface area contributed by atoms with Crippen molar-refractivity contribution >= 4 is 60.3 Å². The van der Waals surface area contributed by atoms with E-state index >= 15 is 0 Å². The third-order valence-electron chi connectivity index (χ3n) is 9.26. The molecule has 6 aromatic carbocycles. The van der Waals surface area contributed by atoms with E-state index in [0.717, 1.165) is 27.9 Å². The minimum Gasteiger partial charge on any atom is -0.309 e. The molecule has 4 nitrogen and oxygen atoms in total. The standard InChI is InChI=1S/C41H26N4/c1-2-11-28(12-3-1)44-33-16-6-4-13-31(33)39-30(15-10-18-35(39)44)27-20-22-29(23-21-27)45-34-17-7-5-14-32(34)40-36(45)24-25-37-41(40)42-38-19-8-9-26-43(37)38/h1-26H. The lowest BCUT2D eigenvalue weighted by molar-refractivity contribution is 1.18. The Labute approximate surface area is 258 Å². The molecular formula is C41H26N4. The van der Waals surface area contributed by atoms with Crippen molar-refractivity contribution in [3.05, 3.63) is 158 Å². The maximum absolute atomic E-state index is 5.08. The zero-order valence-corrected chi connectivity index (χ0v) is 24.3. The number of imidazole rings is 1. The molecule has 0 atom stereocenters. The lowest BCUT2D eigenvalue weighted by atomic mass is 9.99. The normalized spacial score (nSPS) is 12.0. The fourth-order valence-electron chi connectivity index (χ4n) is 7.37. The Balaban J connectivity index is 1.18. The van der Waals surface area contributed by atoms with Crippen LogP contribution in [-0.4, -0.2) is 18.5 Å². The van der Waals surface area contributed by atoms with Crippen LogP contribution in [0.15, 0.2) is 158 Å². The SMILES string of the molecule is c1ccc(-n2c3ccccc3c3c(-c4ccc(-n5c6ccccc6c6c7nc8ccccn8c7ccc65)cc4)cccc32)cc1. The van der Waals surface area contributed by atoms with Gasteiger partial charge in [-0.2, -0.15) is 0 Å². The van der Waals surface area contributed by atoms with Crippen LogP contribution in [-0.2, 0) is 0 Å². The van der Waals surface area contributed by atoms with Crippen LogP contribution < -0.4 is 0 Å². The fraction of sp³-hybridized carbons (Fsp3) is 0. The molecule has 0 saturated carbocycles. The Kier molecular flexibility index (Phi) is 4.96. The van der Waals surface area contributed by atoms with Crippen LogP contribution in [0.4, 0.5) is 0 Å². The summed E-state index contributed by atoms with van der Waals surface area (Å²) in [6.07, 6.45) is 2.09. The lowest BCUT2D eigenvalue weighted by Gasteiger charge is -2.11. The summed E-state index contributed by atoms with van der Waals surface area (Å²) >= 11 is 0. The summed E-state index contributed by atoms with van der Waals surface area (Å²) in [5.74, 6) is 0. The van der Waals surface area contributed by atoms with Gasteiger partial charge in [0.05, 0.1) is 33.1 Å². The van der Waals surface area contributed by atoms with Crippen LogP contribution in [0.5, 0.6) is 0 Å². The highest BCUT2D eigenvalue weighted by Crippen LogP contribution is 2.40. The van der Waals surface area contributed by atoms with Gasteiger partial charge in [-0.1, -0.05) is 84.9 Å². The molecule has 0 saturated heterocycles. The Morgan fingerprint density at radius 2 is 1.00 bits per heavy atom. The summed E-state index contributed by atoms with van der Waals surface area (Å²) in [5, 5.41) is 4.93. The summed E-state index contributed by atoms with van der Waals surface area (Å²) in [7, 11) is 0. The van der Waals surface area contributed by atoms with Gasteiger partial charge in [-0.05, 0) is 77.9 Å². The molecule has 0 aliphatic rings. The molecule has 0 unspecified atom stereocenters. The first-order valence-electron chi connectivity index (χ1n) is 15.3. The molecule has 45 heavy (non-hydrogen) atoms. The van der Waals surface area contributed by atoms with Gasteiger partial charge in [0.15, 0.2) is 0 Å². The minimum absolute atomic E-state index is 0.962. The van der Waals surface area contributed by atoms with Crippen LogP contribution in [0.25, 0.3) is 82.8 Å². The van der Waals surface area contributed by atoms with Crippen molar-refractivity contribution < 1.29 is 0 Å². The summed E-state index contributed by atoms with van der Waals surface area (Å²) in [5.41, 5.74) is 12.6. The Morgan fingerprint density at radius 1 is 0.400 bits per heavy atom. The second-order valence-corrected chi connectivity index (χ2v) is 11.7. The number of rotatable bonds is 3. The second kappa shape index (κ2) is 9.18. The van der Waals surface area contributed by atoms with Gasteiger partial charge in [-0.15, -0.1) is 0 Å². The third-order valence-corrected chi connectivity index (χ3v) is 9.26. The molecule has 0 amide bonds. The van der Waals surface area contributed by atoms with E-state index in [1.54, 1.807) is 0 Å². The number of fused-ring (bicyclic) bond motifs is 10. The van der Waals surface area contributed by atoms with Gasteiger partial charge in [0.1, 0.15) is 5.65 Å². The fourth-order valence-corrected chi connectivity index (χ4v) is 7.37.